The maximum Gasteiger partial charge on any atom is 0.436 e. The van der Waals surface area contributed by atoms with Crippen molar-refractivity contribution < 1.29 is 18.0 Å². The number of carbonyl (C=O) groups excluding carboxylic acids is 1. The Balaban J connectivity index is 1.45. The molecule has 2 bridgehead atoms. The van der Waals surface area contributed by atoms with Crippen LogP contribution in [0, 0.1) is 17.8 Å². The van der Waals surface area contributed by atoms with E-state index < -0.39 is 11.9 Å². The van der Waals surface area contributed by atoms with Gasteiger partial charge in [0.05, 0.1) is 10.7 Å². The zero-order valence-electron chi connectivity index (χ0n) is 14.7. The van der Waals surface area contributed by atoms with Crippen LogP contribution in [0.1, 0.15) is 62.8 Å². The van der Waals surface area contributed by atoms with E-state index in [1.54, 1.807) is 0 Å². The summed E-state index contributed by atoms with van der Waals surface area (Å²) in [7, 11) is 0. The summed E-state index contributed by atoms with van der Waals surface area (Å²) in [5.41, 5.74) is -0.739. The Bertz CT molecular complexity index is 713. The lowest BCUT2D eigenvalue weighted by Gasteiger charge is -2.28. The standard InChI is InChI=1S/C18H23ClF3N3O/c1-9(13-7-10-2-3-12(13)6-10)23-14(26)8-25-16(11-4-5-11)15(19)17(24-25)18(20,21)22/h9-13H,2-8H2,1H3,(H,23,26). The van der Waals surface area contributed by atoms with Crippen molar-refractivity contribution in [2.75, 3.05) is 0 Å². The van der Waals surface area contributed by atoms with Crippen molar-refractivity contribution in [3.8, 4) is 0 Å². The number of hydrogen-bond donors (Lipinski definition) is 1. The zero-order chi connectivity index (χ0) is 18.6. The molecular formula is C18H23ClF3N3O. The number of nitrogens with zero attached hydrogens (tertiary/aromatic N) is 2. The number of halogens is 4. The minimum Gasteiger partial charge on any atom is -0.352 e. The van der Waals surface area contributed by atoms with Crippen LogP contribution in [0.4, 0.5) is 13.2 Å². The highest BCUT2D eigenvalue weighted by atomic mass is 35.5. The Labute approximate surface area is 155 Å². The molecule has 3 fully saturated rings. The normalized spacial score (nSPS) is 29.2. The predicted molar refractivity (Wildman–Crippen MR) is 90.8 cm³/mol. The fourth-order valence-electron chi connectivity index (χ4n) is 4.95. The fourth-order valence-corrected chi connectivity index (χ4v) is 5.35. The molecule has 8 heteroatoms. The second-order valence-electron chi connectivity index (χ2n) is 8.17. The van der Waals surface area contributed by atoms with Crippen LogP contribution in [0.2, 0.25) is 5.02 Å². The molecule has 3 saturated carbocycles. The lowest BCUT2D eigenvalue weighted by Crippen LogP contribution is -2.41. The molecule has 0 spiro atoms. The summed E-state index contributed by atoms with van der Waals surface area (Å²) in [5, 5.41) is 6.26. The Hall–Kier alpha value is -1.24. The molecule has 0 aliphatic heterocycles. The number of alkyl halides is 3. The minimum absolute atomic E-state index is 0.0260. The van der Waals surface area contributed by atoms with E-state index in [0.717, 1.165) is 29.9 Å². The minimum atomic E-state index is -4.61. The third-order valence-electron chi connectivity index (χ3n) is 6.28. The molecule has 4 nitrogen and oxygen atoms in total. The van der Waals surface area contributed by atoms with Crippen LogP contribution in [-0.2, 0) is 17.5 Å². The van der Waals surface area contributed by atoms with Crippen LogP contribution in [0.5, 0.6) is 0 Å². The summed E-state index contributed by atoms with van der Waals surface area (Å²) in [4.78, 5) is 12.5. The van der Waals surface area contributed by atoms with Gasteiger partial charge in [0.15, 0.2) is 5.69 Å². The van der Waals surface area contributed by atoms with Gasteiger partial charge in [0.1, 0.15) is 6.54 Å². The first-order chi connectivity index (χ1) is 12.2. The van der Waals surface area contributed by atoms with Crippen molar-refractivity contribution in [1.82, 2.24) is 15.1 Å². The molecule has 4 atom stereocenters. The van der Waals surface area contributed by atoms with Gasteiger partial charge < -0.3 is 5.32 Å². The van der Waals surface area contributed by atoms with Gasteiger partial charge in [-0.1, -0.05) is 18.0 Å². The Kier molecular flexibility index (Phi) is 4.48. The Morgan fingerprint density at radius 3 is 2.58 bits per heavy atom. The lowest BCUT2D eigenvalue weighted by molar-refractivity contribution is -0.141. The highest BCUT2D eigenvalue weighted by Crippen LogP contribution is 2.49. The molecule has 144 valence electrons. The zero-order valence-corrected chi connectivity index (χ0v) is 15.4. The van der Waals surface area contributed by atoms with E-state index in [1.807, 2.05) is 6.92 Å². The quantitative estimate of drug-likeness (QED) is 0.812. The van der Waals surface area contributed by atoms with Gasteiger partial charge in [-0.3, -0.25) is 9.48 Å². The number of nitrogens with one attached hydrogen (secondary N) is 1. The molecule has 26 heavy (non-hydrogen) atoms. The average molecular weight is 390 g/mol. The SMILES string of the molecule is CC(NC(=O)Cn1nc(C(F)(F)F)c(Cl)c1C1CC1)C1CC2CCC1C2. The first kappa shape index (κ1) is 18.1. The maximum absolute atomic E-state index is 13.1. The number of rotatable bonds is 5. The van der Waals surface area contributed by atoms with Crippen molar-refractivity contribution in [3.63, 3.8) is 0 Å². The van der Waals surface area contributed by atoms with Crippen LogP contribution in [-0.4, -0.2) is 21.7 Å². The first-order valence-electron chi connectivity index (χ1n) is 9.36. The average Bonchev–Trinajstić information content (AvgIpc) is 3.01. The van der Waals surface area contributed by atoms with E-state index >= 15 is 0 Å². The van der Waals surface area contributed by atoms with E-state index in [4.69, 9.17) is 11.6 Å². The van der Waals surface area contributed by atoms with E-state index in [0.29, 0.717) is 17.5 Å². The van der Waals surface area contributed by atoms with E-state index in [1.165, 1.54) is 19.3 Å². The molecule has 1 amide bonds. The molecule has 3 aliphatic carbocycles. The number of hydrogen-bond acceptors (Lipinski definition) is 2. The lowest BCUT2D eigenvalue weighted by atomic mass is 9.84. The van der Waals surface area contributed by atoms with Gasteiger partial charge in [0, 0.05) is 12.0 Å². The molecule has 1 aromatic rings. The second kappa shape index (κ2) is 6.43. The smallest absolute Gasteiger partial charge is 0.352 e. The number of aromatic nitrogens is 2. The summed E-state index contributed by atoms with van der Waals surface area (Å²) in [5.74, 6) is 1.61. The van der Waals surface area contributed by atoms with E-state index in [9.17, 15) is 18.0 Å². The number of carbonyl (C=O) groups is 1. The molecule has 4 unspecified atom stereocenters. The highest BCUT2D eigenvalue weighted by Gasteiger charge is 2.43. The molecular weight excluding hydrogens is 367 g/mol. The van der Waals surface area contributed by atoms with Crippen LogP contribution in [0.3, 0.4) is 0 Å². The monoisotopic (exact) mass is 389 g/mol. The second-order valence-corrected chi connectivity index (χ2v) is 8.55. The topological polar surface area (TPSA) is 46.9 Å². The van der Waals surface area contributed by atoms with Crippen molar-refractivity contribution in [2.45, 2.75) is 70.1 Å². The van der Waals surface area contributed by atoms with Gasteiger partial charge >= 0.3 is 6.18 Å². The fraction of sp³-hybridized carbons (Fsp3) is 0.778. The van der Waals surface area contributed by atoms with Crippen LogP contribution >= 0.6 is 11.6 Å². The van der Waals surface area contributed by atoms with Gasteiger partial charge in [-0.25, -0.2) is 0 Å². The largest absolute Gasteiger partial charge is 0.436 e. The van der Waals surface area contributed by atoms with E-state index in [2.05, 4.69) is 10.4 Å². The maximum atomic E-state index is 13.1. The highest BCUT2D eigenvalue weighted by molar-refractivity contribution is 6.32. The summed E-state index contributed by atoms with van der Waals surface area (Å²) in [6.07, 6.45) is 1.87. The number of amides is 1. The molecule has 0 radical (unpaired) electrons. The van der Waals surface area contributed by atoms with Crippen molar-refractivity contribution in [1.29, 1.82) is 0 Å². The molecule has 0 aromatic carbocycles. The molecule has 0 saturated heterocycles. The molecule has 1 N–H and O–H groups in total. The predicted octanol–water partition coefficient (Wildman–Crippen LogP) is 4.37. The Morgan fingerprint density at radius 1 is 1.31 bits per heavy atom. The van der Waals surface area contributed by atoms with Gasteiger partial charge in [-0.2, -0.15) is 18.3 Å². The molecule has 1 heterocycles. The molecule has 1 aromatic heterocycles. The van der Waals surface area contributed by atoms with Crippen molar-refractivity contribution >= 4 is 17.5 Å². The third-order valence-corrected chi connectivity index (χ3v) is 6.65. The third kappa shape index (κ3) is 3.35. The van der Waals surface area contributed by atoms with Crippen molar-refractivity contribution in [2.24, 2.45) is 17.8 Å². The van der Waals surface area contributed by atoms with Crippen LogP contribution in [0.15, 0.2) is 0 Å². The number of fused-ring (bicyclic) bond motifs is 2. The summed E-state index contributed by atoms with van der Waals surface area (Å²) in [6.45, 7) is 1.79. The van der Waals surface area contributed by atoms with Gasteiger partial charge in [0.25, 0.3) is 0 Å². The summed E-state index contributed by atoms with van der Waals surface area (Å²) in [6, 6.07) is 0.0373. The Morgan fingerprint density at radius 2 is 2.04 bits per heavy atom. The molecule has 3 aliphatic rings. The summed E-state index contributed by atoms with van der Waals surface area (Å²) >= 11 is 5.95. The first-order valence-corrected chi connectivity index (χ1v) is 9.74. The molecule has 4 rings (SSSR count). The van der Waals surface area contributed by atoms with Gasteiger partial charge in [0.2, 0.25) is 5.91 Å². The van der Waals surface area contributed by atoms with Gasteiger partial charge in [-0.05, 0) is 56.8 Å². The van der Waals surface area contributed by atoms with Gasteiger partial charge in [-0.15, -0.1) is 0 Å². The summed E-state index contributed by atoms with van der Waals surface area (Å²) < 4.78 is 40.5. The van der Waals surface area contributed by atoms with E-state index in [-0.39, 0.29) is 29.4 Å². The van der Waals surface area contributed by atoms with Crippen molar-refractivity contribution in [3.05, 3.63) is 16.4 Å². The van der Waals surface area contributed by atoms with Crippen LogP contribution in [0.25, 0.3) is 0 Å². The van der Waals surface area contributed by atoms with Crippen LogP contribution < -0.4 is 5.32 Å².